The molecule has 3 aliphatic rings. The van der Waals surface area contributed by atoms with Gasteiger partial charge in [-0.05, 0) is 63.2 Å². The van der Waals surface area contributed by atoms with Crippen LogP contribution in [0.3, 0.4) is 0 Å². The summed E-state index contributed by atoms with van der Waals surface area (Å²) in [6.07, 6.45) is 3.26. The minimum absolute atomic E-state index is 0.0264. The summed E-state index contributed by atoms with van der Waals surface area (Å²) < 4.78 is 0. The molecule has 164 valence electrons. The summed E-state index contributed by atoms with van der Waals surface area (Å²) in [5.74, 6) is -1.37. The predicted molar refractivity (Wildman–Crippen MR) is 118 cm³/mol. The van der Waals surface area contributed by atoms with Gasteiger partial charge < -0.3 is 5.11 Å². The van der Waals surface area contributed by atoms with Crippen LogP contribution in [0.5, 0.6) is 0 Å². The molecular weight excluding hydrogens is 376 g/mol. The molecule has 3 aliphatic carbocycles. The van der Waals surface area contributed by atoms with Crippen molar-refractivity contribution in [2.24, 2.45) is 34.0 Å². The van der Waals surface area contributed by atoms with Crippen molar-refractivity contribution < 1.29 is 19.5 Å². The molecule has 3 rings (SSSR count). The highest BCUT2D eigenvalue weighted by Gasteiger charge is 2.77. The van der Waals surface area contributed by atoms with Crippen LogP contribution in [0.4, 0.5) is 0 Å². The molecule has 2 bridgehead atoms. The third-order valence-electron chi connectivity index (χ3n) is 7.96. The van der Waals surface area contributed by atoms with Gasteiger partial charge in [0.1, 0.15) is 11.3 Å². The van der Waals surface area contributed by atoms with Gasteiger partial charge in [-0.1, -0.05) is 51.5 Å². The fraction of sp³-hybridized carbons (Fsp3) is 0.654. The van der Waals surface area contributed by atoms with E-state index < -0.39 is 16.6 Å². The average molecular weight is 413 g/mol. The quantitative estimate of drug-likeness (QED) is 0.353. The van der Waals surface area contributed by atoms with Crippen molar-refractivity contribution in [3.05, 3.63) is 35.1 Å². The maximum atomic E-state index is 14.0. The normalized spacial score (nSPS) is 34.4. The lowest BCUT2D eigenvalue weighted by molar-refractivity contribution is -0.144. The van der Waals surface area contributed by atoms with Gasteiger partial charge >= 0.3 is 0 Å². The Balaban J connectivity index is 2.26. The number of aliphatic hydroxyl groups is 1. The lowest BCUT2D eigenvalue weighted by atomic mass is 9.63. The van der Waals surface area contributed by atoms with E-state index in [-0.39, 0.29) is 52.5 Å². The molecule has 0 amide bonds. The van der Waals surface area contributed by atoms with Crippen LogP contribution >= 0.6 is 0 Å². The number of aliphatic hydroxyl groups excluding tert-OH is 1. The molecule has 4 nitrogen and oxygen atoms in total. The number of rotatable bonds is 6. The van der Waals surface area contributed by atoms with Gasteiger partial charge in [-0.15, -0.1) is 0 Å². The molecule has 1 spiro atoms. The zero-order valence-corrected chi connectivity index (χ0v) is 19.5. The fourth-order valence-electron chi connectivity index (χ4n) is 6.48. The number of carbonyl (C=O) groups excluding carboxylic acids is 3. The highest BCUT2D eigenvalue weighted by Crippen LogP contribution is 2.72. The first-order valence-corrected chi connectivity index (χ1v) is 11.1. The molecule has 0 aliphatic heterocycles. The second-order valence-corrected chi connectivity index (χ2v) is 11.1. The number of hydrogen-bond donors (Lipinski definition) is 1. The molecular formula is C26H36O4. The first-order chi connectivity index (χ1) is 13.7. The van der Waals surface area contributed by atoms with E-state index in [2.05, 4.69) is 20.4 Å². The molecule has 0 aromatic carbocycles. The zero-order valence-electron chi connectivity index (χ0n) is 19.5. The number of fused-ring (bicyclic) bond motifs is 1. The number of hydrogen-bond acceptors (Lipinski definition) is 4. The van der Waals surface area contributed by atoms with Gasteiger partial charge in [0, 0.05) is 6.42 Å². The van der Waals surface area contributed by atoms with Crippen LogP contribution < -0.4 is 0 Å². The lowest BCUT2D eigenvalue weighted by Gasteiger charge is -2.37. The van der Waals surface area contributed by atoms with Crippen LogP contribution in [0.2, 0.25) is 0 Å². The Morgan fingerprint density at radius 2 is 1.80 bits per heavy atom. The second-order valence-electron chi connectivity index (χ2n) is 11.1. The lowest BCUT2D eigenvalue weighted by Crippen LogP contribution is -2.50. The van der Waals surface area contributed by atoms with Crippen molar-refractivity contribution in [2.45, 2.75) is 74.1 Å². The van der Waals surface area contributed by atoms with Crippen LogP contribution in [-0.4, -0.2) is 22.5 Å². The molecule has 4 atom stereocenters. The van der Waals surface area contributed by atoms with Gasteiger partial charge in [0.15, 0.2) is 17.3 Å². The summed E-state index contributed by atoms with van der Waals surface area (Å²) in [4.78, 5) is 41.0. The van der Waals surface area contributed by atoms with Gasteiger partial charge in [0.2, 0.25) is 0 Å². The summed E-state index contributed by atoms with van der Waals surface area (Å²) >= 11 is 0. The Kier molecular flexibility index (Phi) is 5.32. The predicted octanol–water partition coefficient (Wildman–Crippen LogP) is 5.54. The zero-order chi connectivity index (χ0) is 22.8. The van der Waals surface area contributed by atoms with Crippen molar-refractivity contribution in [2.75, 3.05) is 0 Å². The van der Waals surface area contributed by atoms with Crippen LogP contribution in [0, 0.1) is 34.0 Å². The highest BCUT2D eigenvalue weighted by molar-refractivity contribution is 6.32. The van der Waals surface area contributed by atoms with E-state index in [4.69, 9.17) is 0 Å². The fourth-order valence-corrected chi connectivity index (χ4v) is 6.48. The summed E-state index contributed by atoms with van der Waals surface area (Å²) in [7, 11) is 0. The molecule has 4 heteroatoms. The van der Waals surface area contributed by atoms with Gasteiger partial charge in [-0.25, -0.2) is 0 Å². The molecule has 2 fully saturated rings. The Hall–Kier alpha value is -1.97. The maximum Gasteiger partial charge on any atom is 0.183 e. The van der Waals surface area contributed by atoms with Gasteiger partial charge in [0.25, 0.3) is 0 Å². The largest absolute Gasteiger partial charge is 0.510 e. The summed E-state index contributed by atoms with van der Waals surface area (Å²) in [5, 5.41) is 11.3. The number of carbonyl (C=O) groups is 3. The van der Waals surface area contributed by atoms with E-state index >= 15 is 0 Å². The Labute approximate surface area is 180 Å². The molecule has 0 heterocycles. The molecule has 0 aromatic rings. The highest BCUT2D eigenvalue weighted by atomic mass is 16.3. The van der Waals surface area contributed by atoms with Gasteiger partial charge in [0.05, 0.1) is 10.8 Å². The second kappa shape index (κ2) is 7.03. The summed E-state index contributed by atoms with van der Waals surface area (Å²) in [6, 6.07) is 0. The summed E-state index contributed by atoms with van der Waals surface area (Å²) in [6.45, 7) is 18.0. The van der Waals surface area contributed by atoms with Crippen molar-refractivity contribution in [3.63, 3.8) is 0 Å². The van der Waals surface area contributed by atoms with Crippen LogP contribution in [0.1, 0.15) is 74.1 Å². The minimum atomic E-state index is -1.23. The molecule has 1 N–H and O–H groups in total. The first kappa shape index (κ1) is 22.7. The third kappa shape index (κ3) is 2.82. The van der Waals surface area contributed by atoms with Crippen molar-refractivity contribution in [3.8, 4) is 0 Å². The Bertz CT molecular complexity index is 896. The molecule has 2 saturated carbocycles. The topological polar surface area (TPSA) is 71.4 Å². The average Bonchev–Trinajstić information content (AvgIpc) is 2.97. The molecule has 2 unspecified atom stereocenters. The summed E-state index contributed by atoms with van der Waals surface area (Å²) in [5.41, 5.74) is -0.812. The standard InChI is InChI=1S/C26H36O4/c1-14(2)9-10-25-13-19-24(7,8)17(16(5)6)12-26(19,23(25)30)22(29)20(21(25)28)18(27)11-15(3)4/h9,15,17,19,28H,5,10-13H2,1-4,6-8H3/t17?,19-,25?,26+/m0/s1. The molecule has 0 radical (unpaired) electrons. The van der Waals surface area contributed by atoms with Crippen LogP contribution in [-0.2, 0) is 14.4 Å². The van der Waals surface area contributed by atoms with Crippen molar-refractivity contribution in [1.29, 1.82) is 0 Å². The Morgan fingerprint density at radius 1 is 1.20 bits per heavy atom. The van der Waals surface area contributed by atoms with Gasteiger partial charge in [-0.3, -0.25) is 14.4 Å². The number of ketones is 3. The van der Waals surface area contributed by atoms with E-state index in [1.807, 2.05) is 40.7 Å². The smallest absolute Gasteiger partial charge is 0.183 e. The molecule has 0 saturated heterocycles. The monoisotopic (exact) mass is 412 g/mol. The number of Topliss-reactive ketones (excluding diaryl/α,β-unsaturated/α-hetero) is 3. The third-order valence-corrected chi connectivity index (χ3v) is 7.96. The van der Waals surface area contributed by atoms with Crippen LogP contribution in [0.15, 0.2) is 35.1 Å². The maximum absolute atomic E-state index is 14.0. The van der Waals surface area contributed by atoms with E-state index in [1.165, 1.54) is 0 Å². The van der Waals surface area contributed by atoms with Crippen molar-refractivity contribution in [1.82, 2.24) is 0 Å². The van der Waals surface area contributed by atoms with E-state index in [9.17, 15) is 19.5 Å². The SMILES string of the molecule is C=C(C)C1C[C@]23C(=O)C(C(=O)CC(C)C)=C(O)C(CC=C(C)C)(C[C@H]2C1(C)C)C3=O. The Morgan fingerprint density at radius 3 is 2.30 bits per heavy atom. The van der Waals surface area contributed by atoms with Crippen LogP contribution in [0.25, 0.3) is 0 Å². The van der Waals surface area contributed by atoms with E-state index in [1.54, 1.807) is 0 Å². The van der Waals surface area contributed by atoms with E-state index in [0.717, 1.165) is 11.1 Å². The molecule has 0 aromatic heterocycles. The van der Waals surface area contributed by atoms with Gasteiger partial charge in [-0.2, -0.15) is 0 Å². The number of allylic oxidation sites excluding steroid dienone is 5. The van der Waals surface area contributed by atoms with E-state index in [0.29, 0.717) is 19.3 Å². The first-order valence-electron chi connectivity index (χ1n) is 11.1. The minimum Gasteiger partial charge on any atom is -0.510 e. The molecule has 30 heavy (non-hydrogen) atoms. The van der Waals surface area contributed by atoms with Crippen molar-refractivity contribution >= 4 is 17.3 Å².